The van der Waals surface area contributed by atoms with Gasteiger partial charge in [-0.05, 0) is 38.1 Å². The molecule has 2 atom stereocenters. The van der Waals surface area contributed by atoms with Crippen LogP contribution in [0, 0.1) is 0 Å². The first-order chi connectivity index (χ1) is 11.9. The zero-order valence-electron chi connectivity index (χ0n) is 13.8. The number of carbonyl (C=O) groups excluding carboxylic acids is 2. The van der Waals surface area contributed by atoms with Crippen LogP contribution in [0.25, 0.3) is 0 Å². The zero-order valence-corrected chi connectivity index (χ0v) is 13.8. The van der Waals surface area contributed by atoms with Crippen LogP contribution in [0.5, 0.6) is 0 Å². The Morgan fingerprint density at radius 1 is 0.880 bits per heavy atom. The minimum atomic E-state index is -1.11. The van der Waals surface area contributed by atoms with Gasteiger partial charge in [0.15, 0.2) is 18.0 Å². The summed E-state index contributed by atoms with van der Waals surface area (Å²) in [6.45, 7) is 3.28. The second-order valence-corrected chi connectivity index (χ2v) is 5.89. The third kappa shape index (κ3) is 4.17. The van der Waals surface area contributed by atoms with Crippen LogP contribution in [0.4, 0.5) is 11.6 Å². The van der Waals surface area contributed by atoms with Crippen molar-refractivity contribution in [2.45, 2.75) is 31.8 Å². The SMILES string of the molecule is CC1(C)O[C@@H](C(=O)Nc2ccccn2)[C@H](C(=O)Nc2ccccn2)O1. The molecule has 3 heterocycles. The minimum absolute atomic E-state index is 0.365. The molecule has 2 aromatic rings. The highest BCUT2D eigenvalue weighted by Gasteiger charge is 2.49. The van der Waals surface area contributed by atoms with Gasteiger partial charge < -0.3 is 20.1 Å². The molecule has 0 aliphatic carbocycles. The molecule has 0 spiro atoms. The second kappa shape index (κ2) is 6.96. The molecule has 25 heavy (non-hydrogen) atoms. The fourth-order valence-electron chi connectivity index (χ4n) is 2.41. The number of hydrogen-bond donors (Lipinski definition) is 2. The van der Waals surface area contributed by atoms with E-state index in [9.17, 15) is 9.59 Å². The lowest BCUT2D eigenvalue weighted by molar-refractivity contribution is -0.156. The van der Waals surface area contributed by atoms with Crippen LogP contribution < -0.4 is 10.6 Å². The summed E-state index contributed by atoms with van der Waals surface area (Å²) in [6, 6.07) is 10.2. The molecule has 8 heteroatoms. The van der Waals surface area contributed by atoms with Gasteiger partial charge in [0.05, 0.1) is 0 Å². The van der Waals surface area contributed by atoms with E-state index < -0.39 is 29.8 Å². The molecule has 1 aliphatic rings. The van der Waals surface area contributed by atoms with Crippen LogP contribution in [-0.4, -0.2) is 39.8 Å². The van der Waals surface area contributed by atoms with E-state index in [4.69, 9.17) is 9.47 Å². The van der Waals surface area contributed by atoms with Gasteiger partial charge >= 0.3 is 0 Å². The maximum absolute atomic E-state index is 12.5. The molecule has 2 N–H and O–H groups in total. The predicted molar refractivity (Wildman–Crippen MR) is 89.6 cm³/mol. The quantitative estimate of drug-likeness (QED) is 0.874. The number of rotatable bonds is 4. The number of pyridine rings is 2. The lowest BCUT2D eigenvalue weighted by Crippen LogP contribution is -2.43. The van der Waals surface area contributed by atoms with Gasteiger partial charge in [-0.25, -0.2) is 9.97 Å². The molecule has 0 saturated carbocycles. The summed E-state index contributed by atoms with van der Waals surface area (Å²) in [5.41, 5.74) is 0. The van der Waals surface area contributed by atoms with Crippen LogP contribution in [0.1, 0.15) is 13.8 Å². The number of nitrogens with zero attached hydrogens (tertiary/aromatic N) is 2. The molecule has 0 unspecified atom stereocenters. The van der Waals surface area contributed by atoms with Crippen molar-refractivity contribution >= 4 is 23.5 Å². The molecule has 8 nitrogen and oxygen atoms in total. The van der Waals surface area contributed by atoms with Crippen molar-refractivity contribution in [2.75, 3.05) is 10.6 Å². The van der Waals surface area contributed by atoms with Gasteiger partial charge in [0.2, 0.25) is 0 Å². The van der Waals surface area contributed by atoms with E-state index in [0.29, 0.717) is 11.6 Å². The predicted octanol–water partition coefficient (Wildman–Crippen LogP) is 1.57. The number of nitrogens with one attached hydrogen (secondary N) is 2. The van der Waals surface area contributed by atoms with Crippen molar-refractivity contribution in [3.63, 3.8) is 0 Å². The largest absolute Gasteiger partial charge is 0.334 e. The lowest BCUT2D eigenvalue weighted by atomic mass is 10.1. The summed E-state index contributed by atoms with van der Waals surface area (Å²) in [6.07, 6.45) is 0.884. The van der Waals surface area contributed by atoms with Crippen LogP contribution in [-0.2, 0) is 19.1 Å². The summed E-state index contributed by atoms with van der Waals surface area (Å²) >= 11 is 0. The Labute approximate surface area is 144 Å². The maximum Gasteiger partial charge on any atom is 0.258 e. The Bertz CT molecular complexity index is 688. The molecule has 1 saturated heterocycles. The monoisotopic (exact) mass is 342 g/mol. The van der Waals surface area contributed by atoms with Crippen molar-refractivity contribution in [3.05, 3.63) is 48.8 Å². The Hall–Kier alpha value is -2.84. The third-order valence-corrected chi connectivity index (χ3v) is 3.45. The van der Waals surface area contributed by atoms with E-state index in [1.54, 1.807) is 62.6 Å². The molecular formula is C17H18N4O4. The standard InChI is InChI=1S/C17H18N4O4/c1-17(2)24-13(15(22)20-11-7-3-5-9-18-11)14(25-17)16(23)21-12-8-4-6-10-19-12/h3-10,13-14H,1-2H3,(H,18,20,22)(H,19,21,23)/t13-,14-/m1/s1. The minimum Gasteiger partial charge on any atom is -0.334 e. The summed E-state index contributed by atoms with van der Waals surface area (Å²) in [4.78, 5) is 33.1. The van der Waals surface area contributed by atoms with Gasteiger partial charge in [-0.2, -0.15) is 0 Å². The number of amides is 2. The van der Waals surface area contributed by atoms with Gasteiger partial charge in [-0.1, -0.05) is 12.1 Å². The van der Waals surface area contributed by atoms with Gasteiger partial charge in [-0.3, -0.25) is 9.59 Å². The highest BCUT2D eigenvalue weighted by Crippen LogP contribution is 2.29. The topological polar surface area (TPSA) is 102 Å². The number of carbonyl (C=O) groups is 2. The van der Waals surface area contributed by atoms with Crippen LogP contribution in [0.2, 0.25) is 0 Å². The van der Waals surface area contributed by atoms with E-state index in [0.717, 1.165) is 0 Å². The highest BCUT2D eigenvalue weighted by atomic mass is 16.8. The second-order valence-electron chi connectivity index (χ2n) is 5.89. The van der Waals surface area contributed by atoms with Crippen LogP contribution >= 0.6 is 0 Å². The van der Waals surface area contributed by atoms with Crippen LogP contribution in [0.3, 0.4) is 0 Å². The maximum atomic E-state index is 12.5. The summed E-state index contributed by atoms with van der Waals surface area (Å²) in [5, 5.41) is 5.24. The van der Waals surface area contributed by atoms with Crippen molar-refractivity contribution in [2.24, 2.45) is 0 Å². The number of aromatic nitrogens is 2. The molecule has 2 aromatic heterocycles. The molecule has 3 rings (SSSR count). The van der Waals surface area contributed by atoms with Gasteiger partial charge in [0, 0.05) is 12.4 Å². The van der Waals surface area contributed by atoms with Crippen LogP contribution in [0.15, 0.2) is 48.8 Å². The van der Waals surface area contributed by atoms with Gasteiger partial charge in [0.25, 0.3) is 11.8 Å². The normalized spacial score (nSPS) is 21.5. The molecule has 130 valence electrons. The number of anilines is 2. The molecule has 0 radical (unpaired) electrons. The van der Waals surface area contributed by atoms with Gasteiger partial charge in [-0.15, -0.1) is 0 Å². The van der Waals surface area contributed by atoms with Crippen molar-refractivity contribution in [3.8, 4) is 0 Å². The van der Waals surface area contributed by atoms with Gasteiger partial charge in [0.1, 0.15) is 11.6 Å². The molecule has 0 bridgehead atoms. The highest BCUT2D eigenvalue weighted by molar-refractivity contribution is 6.02. The van der Waals surface area contributed by atoms with Crippen molar-refractivity contribution in [1.29, 1.82) is 0 Å². The van der Waals surface area contributed by atoms with E-state index >= 15 is 0 Å². The van der Waals surface area contributed by atoms with E-state index in [2.05, 4.69) is 20.6 Å². The fraction of sp³-hybridized carbons (Fsp3) is 0.294. The van der Waals surface area contributed by atoms with E-state index in [1.165, 1.54) is 0 Å². The lowest BCUT2D eigenvalue weighted by Gasteiger charge is -2.16. The summed E-state index contributed by atoms with van der Waals surface area (Å²) in [7, 11) is 0. The smallest absolute Gasteiger partial charge is 0.258 e. The summed E-state index contributed by atoms with van der Waals surface area (Å²) in [5.74, 6) is -1.36. The Balaban J connectivity index is 1.74. The molecule has 2 amide bonds. The number of hydrogen-bond acceptors (Lipinski definition) is 6. The zero-order chi connectivity index (χ0) is 17.9. The first-order valence-electron chi connectivity index (χ1n) is 7.74. The average Bonchev–Trinajstić information content (AvgIpc) is 2.93. The summed E-state index contributed by atoms with van der Waals surface area (Å²) < 4.78 is 11.2. The number of ether oxygens (including phenoxy) is 2. The van der Waals surface area contributed by atoms with Crippen molar-refractivity contribution in [1.82, 2.24) is 9.97 Å². The molecule has 1 fully saturated rings. The molecular weight excluding hydrogens is 324 g/mol. The first kappa shape index (κ1) is 17.0. The average molecular weight is 342 g/mol. The molecule has 0 aromatic carbocycles. The molecule has 1 aliphatic heterocycles. The fourth-order valence-corrected chi connectivity index (χ4v) is 2.41. The Morgan fingerprint density at radius 2 is 1.32 bits per heavy atom. The Morgan fingerprint density at radius 3 is 1.68 bits per heavy atom. The first-order valence-corrected chi connectivity index (χ1v) is 7.74. The Kier molecular flexibility index (Phi) is 4.73. The van der Waals surface area contributed by atoms with E-state index in [1.807, 2.05) is 0 Å². The van der Waals surface area contributed by atoms with E-state index in [-0.39, 0.29) is 0 Å². The third-order valence-electron chi connectivity index (χ3n) is 3.45. The van der Waals surface area contributed by atoms with Crippen molar-refractivity contribution < 1.29 is 19.1 Å².